The lowest BCUT2D eigenvalue weighted by Gasteiger charge is -2.13. The molecule has 0 saturated carbocycles. The number of nitrogens with one attached hydrogen (secondary N) is 3. The van der Waals surface area contributed by atoms with E-state index in [9.17, 15) is 8.78 Å². The van der Waals surface area contributed by atoms with Gasteiger partial charge < -0.3 is 16.0 Å². The number of anilines is 5. The molecule has 0 amide bonds. The molecule has 3 rings (SSSR count). The highest BCUT2D eigenvalue weighted by molar-refractivity contribution is 5.59. The first-order valence-corrected chi connectivity index (χ1v) is 8.07. The number of nitrogens with zero attached hydrogens (tertiary/aromatic N) is 3. The van der Waals surface area contributed by atoms with E-state index in [1.807, 2.05) is 13.8 Å². The van der Waals surface area contributed by atoms with Crippen molar-refractivity contribution in [1.29, 1.82) is 0 Å². The van der Waals surface area contributed by atoms with Crippen LogP contribution in [0.5, 0.6) is 0 Å². The van der Waals surface area contributed by atoms with Gasteiger partial charge in [0.25, 0.3) is 0 Å². The van der Waals surface area contributed by atoms with Gasteiger partial charge in [-0.05, 0) is 38.1 Å². The van der Waals surface area contributed by atoms with Crippen molar-refractivity contribution in [3.05, 3.63) is 60.2 Å². The van der Waals surface area contributed by atoms with Crippen LogP contribution in [0.4, 0.5) is 38.0 Å². The maximum atomic E-state index is 13.9. The van der Waals surface area contributed by atoms with E-state index in [0.29, 0.717) is 0 Å². The maximum Gasteiger partial charge on any atom is 0.233 e. The van der Waals surface area contributed by atoms with Crippen LogP contribution in [0.2, 0.25) is 0 Å². The molecule has 0 unspecified atom stereocenters. The van der Waals surface area contributed by atoms with Gasteiger partial charge in [0.2, 0.25) is 17.8 Å². The lowest BCUT2D eigenvalue weighted by atomic mass is 10.3. The van der Waals surface area contributed by atoms with Gasteiger partial charge in [-0.2, -0.15) is 15.0 Å². The Morgan fingerprint density at radius 3 is 1.54 bits per heavy atom. The number of hydrogen-bond acceptors (Lipinski definition) is 6. The monoisotopic (exact) mass is 356 g/mol. The molecule has 1 aromatic heterocycles. The molecular weight excluding hydrogens is 338 g/mol. The van der Waals surface area contributed by atoms with Crippen molar-refractivity contribution in [2.45, 2.75) is 19.9 Å². The second kappa shape index (κ2) is 7.73. The first-order valence-electron chi connectivity index (χ1n) is 8.07. The van der Waals surface area contributed by atoms with Gasteiger partial charge in [0.15, 0.2) is 0 Å². The van der Waals surface area contributed by atoms with Crippen molar-refractivity contribution in [3.8, 4) is 0 Å². The first kappa shape index (κ1) is 17.5. The van der Waals surface area contributed by atoms with Gasteiger partial charge in [0, 0.05) is 6.04 Å². The summed E-state index contributed by atoms with van der Waals surface area (Å²) in [5, 5.41) is 8.69. The summed E-state index contributed by atoms with van der Waals surface area (Å²) in [6.45, 7) is 3.86. The summed E-state index contributed by atoms with van der Waals surface area (Å²) in [6.07, 6.45) is 0. The number of rotatable bonds is 6. The van der Waals surface area contributed by atoms with Gasteiger partial charge in [-0.15, -0.1) is 0 Å². The van der Waals surface area contributed by atoms with Crippen LogP contribution in [0, 0.1) is 11.6 Å². The van der Waals surface area contributed by atoms with Crippen LogP contribution < -0.4 is 16.0 Å². The summed E-state index contributed by atoms with van der Waals surface area (Å²) in [5.41, 5.74) is 0.456. The molecule has 6 nitrogen and oxygen atoms in total. The van der Waals surface area contributed by atoms with Crippen LogP contribution in [0.25, 0.3) is 0 Å². The largest absolute Gasteiger partial charge is 0.352 e. The third-order valence-electron chi connectivity index (χ3n) is 3.29. The topological polar surface area (TPSA) is 74.8 Å². The highest BCUT2D eigenvalue weighted by Gasteiger charge is 2.11. The molecule has 0 aliphatic carbocycles. The Labute approximate surface area is 149 Å². The second-order valence-corrected chi connectivity index (χ2v) is 5.81. The molecule has 3 N–H and O–H groups in total. The molecule has 0 aliphatic rings. The molecule has 1 heterocycles. The predicted molar refractivity (Wildman–Crippen MR) is 98.0 cm³/mol. The lowest BCUT2D eigenvalue weighted by Crippen LogP contribution is -2.15. The third-order valence-corrected chi connectivity index (χ3v) is 3.29. The highest BCUT2D eigenvalue weighted by Crippen LogP contribution is 2.21. The molecule has 134 valence electrons. The van der Waals surface area contributed by atoms with Crippen molar-refractivity contribution in [3.63, 3.8) is 0 Å². The Morgan fingerprint density at radius 2 is 1.12 bits per heavy atom. The summed E-state index contributed by atoms with van der Waals surface area (Å²) in [4.78, 5) is 12.7. The van der Waals surface area contributed by atoms with Gasteiger partial charge in [-0.1, -0.05) is 24.3 Å². The van der Waals surface area contributed by atoms with Crippen LogP contribution in [-0.4, -0.2) is 21.0 Å². The molecule has 8 heteroatoms. The summed E-state index contributed by atoms with van der Waals surface area (Å²) in [7, 11) is 0. The van der Waals surface area contributed by atoms with Gasteiger partial charge in [0.1, 0.15) is 11.6 Å². The quantitative estimate of drug-likeness (QED) is 0.606. The zero-order chi connectivity index (χ0) is 18.5. The standard InChI is InChI=1S/C18H18F2N6/c1-11(2)21-16-24-17(22-14-9-5-3-7-12(14)19)26-18(25-16)23-15-10-6-4-8-13(15)20/h3-11H,1-2H3,(H3,21,22,23,24,25,26). The van der Waals surface area contributed by atoms with Gasteiger partial charge in [-0.25, -0.2) is 8.78 Å². The predicted octanol–water partition coefficient (Wildman–Crippen LogP) is 4.46. The minimum absolute atomic E-state index is 0.0695. The minimum atomic E-state index is -0.435. The average molecular weight is 356 g/mol. The number of hydrogen-bond donors (Lipinski definition) is 3. The van der Waals surface area contributed by atoms with E-state index in [-0.39, 0.29) is 35.3 Å². The van der Waals surface area contributed by atoms with E-state index < -0.39 is 11.6 Å². The van der Waals surface area contributed by atoms with Crippen molar-refractivity contribution in [2.24, 2.45) is 0 Å². The van der Waals surface area contributed by atoms with Gasteiger partial charge >= 0.3 is 0 Å². The Morgan fingerprint density at radius 1 is 0.692 bits per heavy atom. The number of aromatic nitrogens is 3. The SMILES string of the molecule is CC(C)Nc1nc(Nc2ccccc2F)nc(Nc2ccccc2F)n1. The average Bonchev–Trinajstić information content (AvgIpc) is 2.58. The van der Waals surface area contributed by atoms with E-state index in [2.05, 4.69) is 30.9 Å². The first-order chi connectivity index (χ1) is 12.5. The van der Waals surface area contributed by atoms with Gasteiger partial charge in [-0.3, -0.25) is 0 Å². The number of halogens is 2. The number of benzene rings is 2. The fourth-order valence-electron chi connectivity index (χ4n) is 2.18. The third kappa shape index (κ3) is 4.41. The van der Waals surface area contributed by atoms with Gasteiger partial charge in [0.05, 0.1) is 11.4 Å². The van der Waals surface area contributed by atoms with Crippen molar-refractivity contribution in [2.75, 3.05) is 16.0 Å². The Kier molecular flexibility index (Phi) is 5.21. The highest BCUT2D eigenvalue weighted by atomic mass is 19.1. The van der Waals surface area contributed by atoms with E-state index in [4.69, 9.17) is 0 Å². The molecule has 0 saturated heterocycles. The van der Waals surface area contributed by atoms with Crippen LogP contribution in [0.1, 0.15) is 13.8 Å². The molecule has 0 aliphatic heterocycles. The van der Waals surface area contributed by atoms with Crippen molar-refractivity contribution >= 4 is 29.2 Å². The van der Waals surface area contributed by atoms with E-state index in [0.717, 1.165) is 0 Å². The van der Waals surface area contributed by atoms with Crippen molar-refractivity contribution in [1.82, 2.24) is 15.0 Å². The Bertz CT molecular complexity index is 835. The van der Waals surface area contributed by atoms with E-state index in [1.165, 1.54) is 12.1 Å². The molecule has 0 radical (unpaired) electrons. The summed E-state index contributed by atoms with van der Waals surface area (Å²) in [6, 6.07) is 12.4. The normalized spacial score (nSPS) is 10.7. The molecule has 3 aromatic rings. The molecule has 26 heavy (non-hydrogen) atoms. The molecule has 0 atom stereocenters. The lowest BCUT2D eigenvalue weighted by molar-refractivity contribution is 0.631. The van der Waals surface area contributed by atoms with Crippen molar-refractivity contribution < 1.29 is 8.78 Å². The zero-order valence-electron chi connectivity index (χ0n) is 14.3. The summed E-state index contributed by atoms with van der Waals surface area (Å²) < 4.78 is 27.7. The molecule has 0 bridgehead atoms. The van der Waals surface area contributed by atoms with Crippen LogP contribution >= 0.6 is 0 Å². The van der Waals surface area contributed by atoms with E-state index >= 15 is 0 Å². The molecule has 0 fully saturated rings. The zero-order valence-corrected chi connectivity index (χ0v) is 14.3. The molecule has 0 spiro atoms. The summed E-state index contributed by atoms with van der Waals surface area (Å²) >= 11 is 0. The van der Waals surface area contributed by atoms with Crippen LogP contribution in [-0.2, 0) is 0 Å². The minimum Gasteiger partial charge on any atom is -0.352 e. The van der Waals surface area contributed by atoms with Crippen LogP contribution in [0.3, 0.4) is 0 Å². The number of para-hydroxylation sites is 2. The van der Waals surface area contributed by atoms with E-state index in [1.54, 1.807) is 36.4 Å². The summed E-state index contributed by atoms with van der Waals surface area (Å²) in [5.74, 6) is -0.323. The molecular formula is C18H18F2N6. The Hall–Kier alpha value is -3.29. The smallest absolute Gasteiger partial charge is 0.233 e. The molecule has 2 aromatic carbocycles. The fraction of sp³-hybridized carbons (Fsp3) is 0.167. The fourth-order valence-corrected chi connectivity index (χ4v) is 2.18. The Balaban J connectivity index is 1.93. The van der Waals surface area contributed by atoms with Crippen LogP contribution in [0.15, 0.2) is 48.5 Å². The maximum absolute atomic E-state index is 13.9. The second-order valence-electron chi connectivity index (χ2n) is 5.81.